The molecule has 0 radical (unpaired) electrons. The predicted octanol–water partition coefficient (Wildman–Crippen LogP) is 4.33. The number of anilines is 1. The van der Waals surface area contributed by atoms with E-state index >= 15 is 0 Å². The maximum Gasteiger partial charge on any atom is 0.341 e. The second-order valence-corrected chi connectivity index (χ2v) is 8.09. The molecule has 144 valence electrons. The number of aliphatic carboxylic acids is 1. The van der Waals surface area contributed by atoms with E-state index in [0.717, 1.165) is 4.47 Å². The van der Waals surface area contributed by atoms with E-state index in [0.29, 0.717) is 32.0 Å². The summed E-state index contributed by atoms with van der Waals surface area (Å²) >= 11 is 10.0. The summed E-state index contributed by atoms with van der Waals surface area (Å²) < 4.78 is 11.7. The minimum Gasteiger partial charge on any atom is -0.493 e. The van der Waals surface area contributed by atoms with E-state index in [1.165, 1.54) is 23.8 Å². The maximum atomic E-state index is 12.9. The first-order valence-electron chi connectivity index (χ1n) is 7.96. The molecule has 0 aromatic heterocycles. The van der Waals surface area contributed by atoms with Gasteiger partial charge in [-0.05, 0) is 51.8 Å². The Morgan fingerprint density at radius 1 is 1.29 bits per heavy atom. The summed E-state index contributed by atoms with van der Waals surface area (Å²) in [5, 5.41) is 8.74. The van der Waals surface area contributed by atoms with Crippen molar-refractivity contribution in [1.82, 2.24) is 0 Å². The maximum absolute atomic E-state index is 12.9. The number of carboxylic acids is 1. The standard InChI is InChI=1S/C19H14BrNO5S2/c1-25-15-8-11(6-7-14(15)26-10-17(22)23)9-16-18(24)21(19(27)28-16)13-5-3-2-4-12(13)20/h2-9H,10H2,1H3,(H,22,23)/b16-9+. The van der Waals surface area contributed by atoms with Crippen LogP contribution >= 0.6 is 39.9 Å². The molecular weight excluding hydrogens is 466 g/mol. The highest BCUT2D eigenvalue weighted by Gasteiger charge is 2.34. The number of rotatable bonds is 6. The van der Waals surface area contributed by atoms with Crippen LogP contribution in [0.3, 0.4) is 0 Å². The molecular formula is C19H14BrNO5S2. The zero-order valence-corrected chi connectivity index (χ0v) is 17.8. The molecule has 1 saturated heterocycles. The number of ether oxygens (including phenoxy) is 2. The second-order valence-electron chi connectivity index (χ2n) is 5.56. The van der Waals surface area contributed by atoms with Crippen LogP contribution in [0.5, 0.6) is 11.5 Å². The molecule has 2 aromatic rings. The highest BCUT2D eigenvalue weighted by Crippen LogP contribution is 2.39. The van der Waals surface area contributed by atoms with Gasteiger partial charge in [-0.1, -0.05) is 42.2 Å². The van der Waals surface area contributed by atoms with Gasteiger partial charge in [-0.15, -0.1) is 0 Å². The smallest absolute Gasteiger partial charge is 0.341 e. The van der Waals surface area contributed by atoms with Crippen molar-refractivity contribution in [3.8, 4) is 11.5 Å². The third kappa shape index (κ3) is 4.37. The van der Waals surface area contributed by atoms with E-state index in [1.807, 2.05) is 24.3 Å². The molecule has 1 aliphatic heterocycles. The number of nitrogens with zero attached hydrogens (tertiary/aromatic N) is 1. The number of carbonyl (C=O) groups excluding carboxylic acids is 1. The van der Waals surface area contributed by atoms with Gasteiger partial charge in [-0.25, -0.2) is 4.79 Å². The van der Waals surface area contributed by atoms with Gasteiger partial charge in [-0.3, -0.25) is 9.69 Å². The summed E-state index contributed by atoms with van der Waals surface area (Å²) in [6, 6.07) is 12.3. The van der Waals surface area contributed by atoms with Gasteiger partial charge in [0.25, 0.3) is 5.91 Å². The molecule has 0 spiro atoms. The number of thioether (sulfide) groups is 1. The molecule has 0 unspecified atom stereocenters. The number of halogens is 1. The van der Waals surface area contributed by atoms with Gasteiger partial charge in [0, 0.05) is 4.47 Å². The first-order chi connectivity index (χ1) is 13.4. The molecule has 0 atom stereocenters. The van der Waals surface area contributed by atoms with E-state index in [9.17, 15) is 9.59 Å². The second kappa shape index (κ2) is 8.76. The Kier molecular flexibility index (Phi) is 6.38. The Morgan fingerprint density at radius 3 is 2.71 bits per heavy atom. The molecule has 1 amide bonds. The lowest BCUT2D eigenvalue weighted by molar-refractivity contribution is -0.139. The van der Waals surface area contributed by atoms with Crippen molar-refractivity contribution in [2.45, 2.75) is 0 Å². The number of hydrogen-bond donors (Lipinski definition) is 1. The number of benzene rings is 2. The third-order valence-electron chi connectivity index (χ3n) is 3.72. The van der Waals surface area contributed by atoms with E-state index in [4.69, 9.17) is 26.8 Å². The monoisotopic (exact) mass is 479 g/mol. The predicted molar refractivity (Wildman–Crippen MR) is 116 cm³/mol. The lowest BCUT2D eigenvalue weighted by atomic mass is 10.2. The lowest BCUT2D eigenvalue weighted by Crippen LogP contribution is -2.27. The molecule has 3 rings (SSSR count). The molecule has 1 aliphatic rings. The van der Waals surface area contributed by atoms with Crippen LogP contribution in [0.15, 0.2) is 51.8 Å². The topological polar surface area (TPSA) is 76.1 Å². The largest absolute Gasteiger partial charge is 0.493 e. The van der Waals surface area contributed by atoms with Gasteiger partial charge >= 0.3 is 5.97 Å². The number of para-hydroxylation sites is 1. The van der Waals surface area contributed by atoms with Crippen molar-refractivity contribution in [3.63, 3.8) is 0 Å². The van der Waals surface area contributed by atoms with Gasteiger partial charge in [0.2, 0.25) is 0 Å². The van der Waals surface area contributed by atoms with Crippen LogP contribution in [0.25, 0.3) is 6.08 Å². The lowest BCUT2D eigenvalue weighted by Gasteiger charge is -2.15. The summed E-state index contributed by atoms with van der Waals surface area (Å²) in [6.07, 6.45) is 1.71. The van der Waals surface area contributed by atoms with E-state index < -0.39 is 12.6 Å². The number of amides is 1. The molecule has 0 bridgehead atoms. The molecule has 1 N–H and O–H groups in total. The molecule has 0 aliphatic carbocycles. The first kappa shape index (κ1) is 20.4. The molecule has 2 aromatic carbocycles. The number of hydrogen-bond acceptors (Lipinski definition) is 6. The van der Waals surface area contributed by atoms with Crippen LogP contribution in [-0.4, -0.2) is 35.0 Å². The number of thiocarbonyl (C=S) groups is 1. The molecule has 1 fully saturated rings. The normalized spacial score (nSPS) is 15.2. The summed E-state index contributed by atoms with van der Waals surface area (Å²) in [5.74, 6) is -0.618. The Balaban J connectivity index is 1.88. The van der Waals surface area contributed by atoms with E-state index in [-0.39, 0.29) is 5.91 Å². The SMILES string of the molecule is COc1cc(/C=C2/SC(=S)N(c3ccccc3Br)C2=O)ccc1OCC(=O)O. The van der Waals surface area contributed by atoms with Crippen LogP contribution < -0.4 is 14.4 Å². The van der Waals surface area contributed by atoms with E-state index in [1.54, 1.807) is 24.3 Å². The van der Waals surface area contributed by atoms with Gasteiger partial charge in [0.15, 0.2) is 22.4 Å². The average Bonchev–Trinajstić information content (AvgIpc) is 2.94. The van der Waals surface area contributed by atoms with Crippen LogP contribution in [-0.2, 0) is 9.59 Å². The van der Waals surface area contributed by atoms with Gasteiger partial charge in [0.05, 0.1) is 17.7 Å². The Bertz CT molecular complexity index is 992. The van der Waals surface area contributed by atoms with Crippen LogP contribution in [0.4, 0.5) is 5.69 Å². The quantitative estimate of drug-likeness (QED) is 0.487. The van der Waals surface area contributed by atoms with Gasteiger partial charge < -0.3 is 14.6 Å². The zero-order valence-electron chi connectivity index (χ0n) is 14.5. The molecule has 6 nitrogen and oxygen atoms in total. The van der Waals surface area contributed by atoms with Crippen molar-refractivity contribution < 1.29 is 24.2 Å². The summed E-state index contributed by atoms with van der Waals surface area (Å²) in [7, 11) is 1.46. The van der Waals surface area contributed by atoms with Crippen molar-refractivity contribution in [3.05, 3.63) is 57.4 Å². The minimum atomic E-state index is -1.08. The van der Waals surface area contributed by atoms with Gasteiger partial charge in [-0.2, -0.15) is 0 Å². The van der Waals surface area contributed by atoms with Crippen LogP contribution in [0.1, 0.15) is 5.56 Å². The van der Waals surface area contributed by atoms with E-state index in [2.05, 4.69) is 15.9 Å². The fourth-order valence-corrected chi connectivity index (χ4v) is 4.24. The average molecular weight is 480 g/mol. The number of methoxy groups -OCH3 is 1. The van der Waals surface area contributed by atoms with Crippen molar-refractivity contribution >= 4 is 67.9 Å². The van der Waals surface area contributed by atoms with Crippen LogP contribution in [0, 0.1) is 0 Å². The van der Waals surface area contributed by atoms with Crippen molar-refractivity contribution in [2.75, 3.05) is 18.6 Å². The highest BCUT2D eigenvalue weighted by molar-refractivity contribution is 9.10. The van der Waals surface area contributed by atoms with Crippen LogP contribution in [0.2, 0.25) is 0 Å². The first-order valence-corrected chi connectivity index (χ1v) is 9.97. The zero-order chi connectivity index (χ0) is 20.3. The fourth-order valence-electron chi connectivity index (χ4n) is 2.49. The van der Waals surface area contributed by atoms with Crippen molar-refractivity contribution in [2.24, 2.45) is 0 Å². The number of carboxylic acid groups (broad SMARTS) is 1. The fraction of sp³-hybridized carbons (Fsp3) is 0.105. The summed E-state index contributed by atoms with van der Waals surface area (Å²) in [4.78, 5) is 25.5. The minimum absolute atomic E-state index is 0.216. The molecule has 9 heteroatoms. The molecule has 0 saturated carbocycles. The molecule has 28 heavy (non-hydrogen) atoms. The Labute approximate surface area is 179 Å². The molecule has 1 heterocycles. The number of carbonyl (C=O) groups is 2. The highest BCUT2D eigenvalue weighted by atomic mass is 79.9. The van der Waals surface area contributed by atoms with Gasteiger partial charge in [0.1, 0.15) is 0 Å². The van der Waals surface area contributed by atoms with Crippen molar-refractivity contribution in [1.29, 1.82) is 0 Å². The third-order valence-corrected chi connectivity index (χ3v) is 5.70. The summed E-state index contributed by atoms with van der Waals surface area (Å²) in [6.45, 7) is -0.472. The summed E-state index contributed by atoms with van der Waals surface area (Å²) in [5.41, 5.74) is 1.38. The Morgan fingerprint density at radius 2 is 2.04 bits per heavy atom. The Hall–Kier alpha value is -2.36.